The van der Waals surface area contributed by atoms with Crippen molar-refractivity contribution >= 4 is 18.1 Å². The molecule has 1 aromatic carbocycles. The van der Waals surface area contributed by atoms with E-state index in [4.69, 9.17) is 0 Å². The van der Waals surface area contributed by atoms with Crippen LogP contribution in [0.3, 0.4) is 0 Å². The summed E-state index contributed by atoms with van der Waals surface area (Å²) < 4.78 is 59.5. The maximum Gasteiger partial charge on any atom is 0.511 e. The Bertz CT molecular complexity index is 613. The largest absolute Gasteiger partial charge is 0.511 e. The zero-order valence-corrected chi connectivity index (χ0v) is 15.0. The highest BCUT2D eigenvalue weighted by molar-refractivity contribution is 7.90. The monoisotopic (exact) mass is 365 g/mol. The summed E-state index contributed by atoms with van der Waals surface area (Å²) in [6.45, 7) is 4.21. The van der Waals surface area contributed by atoms with Crippen LogP contribution in [0.4, 0.5) is 13.2 Å². The van der Waals surface area contributed by atoms with E-state index in [2.05, 4.69) is 30.9 Å². The molecule has 0 aliphatic carbocycles. The molecular weight excluding hydrogens is 343 g/mol. The number of nitrogens with one attached hydrogen (secondary N) is 1. The quantitative estimate of drug-likeness (QED) is 0.563. The van der Waals surface area contributed by atoms with Crippen molar-refractivity contribution in [2.45, 2.75) is 37.5 Å². The van der Waals surface area contributed by atoms with E-state index in [1.807, 2.05) is 24.3 Å². The Balaban J connectivity index is 2.36. The first-order valence-electron chi connectivity index (χ1n) is 7.31. The number of sulfonamides is 1. The second kappa shape index (κ2) is 8.12. The van der Waals surface area contributed by atoms with E-state index >= 15 is 0 Å². The van der Waals surface area contributed by atoms with Crippen LogP contribution in [0.25, 0.3) is 0 Å². The first kappa shape index (κ1) is 19.9. The van der Waals surface area contributed by atoms with Gasteiger partial charge in [-0.1, -0.05) is 60.8 Å². The standard InChI is InChI=1S/C15H22F3NO2SSi/c1-23(2,13-14-9-5-3-6-10-14)12-8-4-7-11-19-22(20,21)15(16,17)18/h3,5-6,8-10,12,19H,4,7,11,13H2,1-2H3/b12-8+. The van der Waals surface area contributed by atoms with Crippen LogP contribution >= 0.6 is 0 Å². The summed E-state index contributed by atoms with van der Waals surface area (Å²) in [6.07, 6.45) is 2.82. The average molecular weight is 365 g/mol. The first-order valence-corrected chi connectivity index (χ1v) is 12.1. The highest BCUT2D eigenvalue weighted by Gasteiger charge is 2.45. The molecule has 3 nitrogen and oxygen atoms in total. The van der Waals surface area contributed by atoms with E-state index in [1.54, 1.807) is 4.72 Å². The van der Waals surface area contributed by atoms with Gasteiger partial charge in [-0.15, -0.1) is 0 Å². The molecule has 0 heterocycles. The molecular formula is C15H22F3NO2SSi. The number of allylic oxidation sites excluding steroid dienone is 1. The van der Waals surface area contributed by atoms with Gasteiger partial charge < -0.3 is 0 Å². The van der Waals surface area contributed by atoms with E-state index < -0.39 is 23.6 Å². The van der Waals surface area contributed by atoms with Crippen molar-refractivity contribution in [2.75, 3.05) is 6.54 Å². The zero-order valence-electron chi connectivity index (χ0n) is 13.2. The van der Waals surface area contributed by atoms with Crippen LogP contribution in [-0.4, -0.2) is 28.5 Å². The van der Waals surface area contributed by atoms with Gasteiger partial charge in [0.2, 0.25) is 0 Å². The molecule has 8 heteroatoms. The number of unbranched alkanes of at least 4 members (excludes halogenated alkanes) is 1. The molecule has 1 N–H and O–H groups in total. The van der Waals surface area contributed by atoms with Crippen LogP contribution in [0.5, 0.6) is 0 Å². The summed E-state index contributed by atoms with van der Waals surface area (Å²) >= 11 is 0. The summed E-state index contributed by atoms with van der Waals surface area (Å²) in [5.41, 5.74) is -1.82. The van der Waals surface area contributed by atoms with E-state index in [9.17, 15) is 21.6 Å². The predicted octanol–water partition coefficient (Wildman–Crippen LogP) is 3.79. The number of rotatable bonds is 8. The first-order chi connectivity index (χ1) is 10.5. The molecule has 0 bridgehead atoms. The SMILES string of the molecule is C[Si](C)(/C=C/CCCNS(=O)(=O)C(F)(F)F)Cc1ccccc1. The van der Waals surface area contributed by atoms with Crippen molar-refractivity contribution in [3.05, 3.63) is 47.7 Å². The lowest BCUT2D eigenvalue weighted by Crippen LogP contribution is -2.36. The van der Waals surface area contributed by atoms with Gasteiger partial charge in [0.25, 0.3) is 0 Å². The maximum absolute atomic E-state index is 12.1. The van der Waals surface area contributed by atoms with Crippen molar-refractivity contribution < 1.29 is 21.6 Å². The molecule has 1 aromatic rings. The van der Waals surface area contributed by atoms with Crippen LogP contribution in [0.1, 0.15) is 18.4 Å². The van der Waals surface area contributed by atoms with E-state index in [0.717, 1.165) is 6.04 Å². The second-order valence-electron chi connectivity index (χ2n) is 6.04. The minimum Gasteiger partial charge on any atom is -0.207 e. The molecule has 1 rings (SSSR count). The van der Waals surface area contributed by atoms with E-state index in [-0.39, 0.29) is 6.54 Å². The summed E-state index contributed by atoms with van der Waals surface area (Å²) in [4.78, 5) is 0. The molecule has 0 aromatic heterocycles. The van der Waals surface area contributed by atoms with Gasteiger partial charge in [0.05, 0.1) is 8.07 Å². The lowest BCUT2D eigenvalue weighted by molar-refractivity contribution is -0.0447. The summed E-state index contributed by atoms with van der Waals surface area (Å²) in [7, 11) is -6.79. The van der Waals surface area contributed by atoms with Gasteiger partial charge in [0.15, 0.2) is 0 Å². The fourth-order valence-corrected chi connectivity index (χ4v) is 4.88. The van der Waals surface area contributed by atoms with Gasteiger partial charge in [-0.25, -0.2) is 13.1 Å². The lowest BCUT2D eigenvalue weighted by atomic mass is 10.2. The highest BCUT2D eigenvalue weighted by atomic mass is 32.2. The molecule has 0 amide bonds. The van der Waals surface area contributed by atoms with Crippen LogP contribution in [0.15, 0.2) is 42.1 Å². The number of benzene rings is 1. The Hall–Kier alpha value is -1.12. The molecule has 130 valence electrons. The molecule has 0 saturated heterocycles. The fraction of sp³-hybridized carbons (Fsp3) is 0.467. The third-order valence-electron chi connectivity index (χ3n) is 3.22. The average Bonchev–Trinajstić information content (AvgIpc) is 2.42. The third-order valence-corrected chi connectivity index (χ3v) is 6.87. The second-order valence-corrected chi connectivity index (χ2v) is 12.5. The van der Waals surface area contributed by atoms with Crippen LogP contribution in [-0.2, 0) is 16.1 Å². The molecule has 0 spiro atoms. The molecule has 0 aliphatic heterocycles. The Kier molecular flexibility index (Phi) is 7.03. The molecule has 23 heavy (non-hydrogen) atoms. The number of hydrogen-bond donors (Lipinski definition) is 1. The topological polar surface area (TPSA) is 46.2 Å². The normalized spacial score (nSPS) is 13.6. The van der Waals surface area contributed by atoms with Crippen molar-refractivity contribution in [3.63, 3.8) is 0 Å². The zero-order chi connectivity index (χ0) is 17.6. The van der Waals surface area contributed by atoms with E-state index in [0.29, 0.717) is 12.8 Å². The Morgan fingerprint density at radius 2 is 1.78 bits per heavy atom. The number of halogens is 3. The Labute approximate surface area is 136 Å². The van der Waals surface area contributed by atoms with Crippen LogP contribution in [0, 0.1) is 0 Å². The molecule has 0 aliphatic rings. The van der Waals surface area contributed by atoms with Crippen molar-refractivity contribution in [3.8, 4) is 0 Å². The molecule has 0 unspecified atom stereocenters. The van der Waals surface area contributed by atoms with Gasteiger partial charge in [0.1, 0.15) is 0 Å². The fourth-order valence-electron chi connectivity index (χ4n) is 2.09. The van der Waals surface area contributed by atoms with Crippen molar-refractivity contribution in [2.24, 2.45) is 0 Å². The van der Waals surface area contributed by atoms with Gasteiger partial charge >= 0.3 is 15.5 Å². The highest BCUT2D eigenvalue weighted by Crippen LogP contribution is 2.21. The van der Waals surface area contributed by atoms with Crippen molar-refractivity contribution in [1.29, 1.82) is 0 Å². The summed E-state index contributed by atoms with van der Waals surface area (Å²) in [5, 5.41) is 0. The van der Waals surface area contributed by atoms with Gasteiger partial charge in [0, 0.05) is 6.54 Å². The maximum atomic E-state index is 12.1. The van der Waals surface area contributed by atoms with Crippen LogP contribution in [0.2, 0.25) is 13.1 Å². The van der Waals surface area contributed by atoms with Gasteiger partial charge in [-0.05, 0) is 18.9 Å². The number of alkyl halides is 3. The Morgan fingerprint density at radius 1 is 1.17 bits per heavy atom. The predicted molar refractivity (Wildman–Crippen MR) is 89.0 cm³/mol. The third kappa shape index (κ3) is 7.32. The minimum atomic E-state index is -5.24. The lowest BCUT2D eigenvalue weighted by Gasteiger charge is -2.17. The molecule has 0 fully saturated rings. The van der Waals surface area contributed by atoms with E-state index in [1.165, 1.54) is 5.56 Å². The molecule has 0 saturated carbocycles. The molecule has 0 radical (unpaired) electrons. The van der Waals surface area contributed by atoms with Crippen LogP contribution < -0.4 is 4.72 Å². The van der Waals surface area contributed by atoms with Gasteiger partial charge in [-0.3, -0.25) is 0 Å². The Morgan fingerprint density at radius 3 is 2.35 bits per heavy atom. The minimum absolute atomic E-state index is 0.215. The van der Waals surface area contributed by atoms with Gasteiger partial charge in [-0.2, -0.15) is 13.2 Å². The summed E-state index contributed by atoms with van der Waals surface area (Å²) in [6, 6.07) is 11.1. The number of hydrogen-bond acceptors (Lipinski definition) is 2. The summed E-state index contributed by atoms with van der Waals surface area (Å²) in [5.74, 6) is 0. The molecule has 0 atom stereocenters. The van der Waals surface area contributed by atoms with Crippen molar-refractivity contribution in [1.82, 2.24) is 4.72 Å². The smallest absolute Gasteiger partial charge is 0.207 e.